The van der Waals surface area contributed by atoms with Crippen LogP contribution in [0.15, 0.2) is 91.0 Å². The third-order valence-corrected chi connectivity index (χ3v) is 7.21. The first kappa shape index (κ1) is 22.0. The highest BCUT2D eigenvalue weighted by atomic mass is 32.2. The Bertz CT molecular complexity index is 1350. The molecular weight excluding hydrogens is 442 g/mol. The standard InChI is InChI=1S/C28H25N3O2S/c1-30(2)22-14-16-23(17-15-22)31-26(32)18-34-28(31)20-10-12-21(13-11-20)29-27(33)25-9-5-7-19-6-3-4-8-24(19)25/h3-17,28H,18H2,1-2H3,(H,29,33). The quantitative estimate of drug-likeness (QED) is 0.395. The summed E-state index contributed by atoms with van der Waals surface area (Å²) in [6.07, 6.45) is 0. The van der Waals surface area contributed by atoms with Crippen molar-refractivity contribution in [1.29, 1.82) is 0 Å². The zero-order valence-corrected chi connectivity index (χ0v) is 19.9. The fraction of sp³-hybridized carbons (Fsp3) is 0.143. The summed E-state index contributed by atoms with van der Waals surface area (Å²) in [5.74, 6) is 0.401. The topological polar surface area (TPSA) is 52.6 Å². The van der Waals surface area contributed by atoms with E-state index in [4.69, 9.17) is 0 Å². The molecule has 0 spiro atoms. The van der Waals surface area contributed by atoms with Gasteiger partial charge in [-0.3, -0.25) is 14.5 Å². The Kier molecular flexibility index (Phi) is 5.99. The van der Waals surface area contributed by atoms with Crippen LogP contribution in [0.4, 0.5) is 17.1 Å². The van der Waals surface area contributed by atoms with Crippen molar-refractivity contribution in [2.45, 2.75) is 5.37 Å². The smallest absolute Gasteiger partial charge is 0.256 e. The zero-order valence-electron chi connectivity index (χ0n) is 19.1. The lowest BCUT2D eigenvalue weighted by Crippen LogP contribution is -2.27. The van der Waals surface area contributed by atoms with Crippen LogP contribution in [0.25, 0.3) is 10.8 Å². The molecule has 170 valence electrons. The molecule has 1 saturated heterocycles. The first-order valence-corrected chi connectivity index (χ1v) is 12.2. The minimum absolute atomic E-state index is 0.0967. The average Bonchev–Trinajstić information content (AvgIpc) is 3.25. The first-order chi connectivity index (χ1) is 16.5. The van der Waals surface area contributed by atoms with Crippen LogP contribution in [0.5, 0.6) is 0 Å². The van der Waals surface area contributed by atoms with E-state index in [0.717, 1.165) is 33.4 Å². The van der Waals surface area contributed by atoms with Gasteiger partial charge in [-0.2, -0.15) is 0 Å². The summed E-state index contributed by atoms with van der Waals surface area (Å²) in [5.41, 5.74) is 4.37. The largest absolute Gasteiger partial charge is 0.378 e. The van der Waals surface area contributed by atoms with E-state index in [-0.39, 0.29) is 17.2 Å². The van der Waals surface area contributed by atoms with Gasteiger partial charge in [0.15, 0.2) is 0 Å². The van der Waals surface area contributed by atoms with E-state index < -0.39 is 0 Å². The van der Waals surface area contributed by atoms with Crippen molar-refractivity contribution >= 4 is 51.4 Å². The van der Waals surface area contributed by atoms with Gasteiger partial charge in [0.1, 0.15) is 5.37 Å². The molecule has 34 heavy (non-hydrogen) atoms. The lowest BCUT2D eigenvalue weighted by atomic mass is 10.0. The Morgan fingerprint density at radius 2 is 1.62 bits per heavy atom. The van der Waals surface area contributed by atoms with Crippen LogP contribution in [0.1, 0.15) is 21.3 Å². The fourth-order valence-electron chi connectivity index (χ4n) is 4.21. The Hall–Kier alpha value is -3.77. The summed E-state index contributed by atoms with van der Waals surface area (Å²) < 4.78 is 0. The van der Waals surface area contributed by atoms with Gasteiger partial charge in [-0.1, -0.05) is 48.5 Å². The van der Waals surface area contributed by atoms with Crippen LogP contribution in [0, 0.1) is 0 Å². The maximum atomic E-state index is 13.0. The predicted octanol–water partition coefficient (Wildman–Crippen LogP) is 5.94. The van der Waals surface area contributed by atoms with Gasteiger partial charge in [-0.05, 0) is 58.8 Å². The molecule has 4 aromatic carbocycles. The first-order valence-electron chi connectivity index (χ1n) is 11.1. The van der Waals surface area contributed by atoms with Gasteiger partial charge in [-0.25, -0.2) is 0 Å². The highest BCUT2D eigenvalue weighted by Gasteiger charge is 2.34. The summed E-state index contributed by atoms with van der Waals surface area (Å²) in [6.45, 7) is 0. The second-order valence-electron chi connectivity index (χ2n) is 8.44. The van der Waals surface area contributed by atoms with Gasteiger partial charge in [0, 0.05) is 36.7 Å². The van der Waals surface area contributed by atoms with Crippen molar-refractivity contribution in [3.8, 4) is 0 Å². The Labute approximate surface area is 203 Å². The minimum Gasteiger partial charge on any atom is -0.378 e. The number of carbonyl (C=O) groups excluding carboxylic acids is 2. The van der Waals surface area contributed by atoms with Gasteiger partial charge < -0.3 is 10.2 Å². The third kappa shape index (κ3) is 4.24. The molecule has 0 aromatic heterocycles. The highest BCUT2D eigenvalue weighted by molar-refractivity contribution is 8.00. The number of anilines is 3. The van der Waals surface area contributed by atoms with E-state index in [0.29, 0.717) is 11.3 Å². The van der Waals surface area contributed by atoms with Crippen LogP contribution in [-0.2, 0) is 4.79 Å². The second-order valence-corrected chi connectivity index (χ2v) is 9.51. The van der Waals surface area contributed by atoms with Crippen molar-refractivity contribution in [3.05, 3.63) is 102 Å². The van der Waals surface area contributed by atoms with Crippen LogP contribution >= 0.6 is 11.8 Å². The van der Waals surface area contributed by atoms with E-state index in [9.17, 15) is 9.59 Å². The summed E-state index contributed by atoms with van der Waals surface area (Å²) in [6, 6.07) is 29.4. The van der Waals surface area contributed by atoms with Gasteiger partial charge >= 0.3 is 0 Å². The summed E-state index contributed by atoms with van der Waals surface area (Å²) in [4.78, 5) is 29.5. The number of carbonyl (C=O) groups is 2. The average molecular weight is 468 g/mol. The Morgan fingerprint density at radius 3 is 2.35 bits per heavy atom. The van der Waals surface area contributed by atoms with Crippen molar-refractivity contribution in [2.75, 3.05) is 35.0 Å². The molecule has 1 aliphatic rings. The molecule has 6 heteroatoms. The van der Waals surface area contributed by atoms with Crippen LogP contribution in [0.3, 0.4) is 0 Å². The molecule has 0 bridgehead atoms. The minimum atomic E-state index is -0.141. The molecule has 5 rings (SSSR count). The number of rotatable bonds is 5. The molecule has 0 aliphatic carbocycles. The number of thioether (sulfide) groups is 1. The Balaban J connectivity index is 1.35. The van der Waals surface area contributed by atoms with Gasteiger partial charge in [-0.15, -0.1) is 11.8 Å². The van der Waals surface area contributed by atoms with E-state index in [1.165, 1.54) is 0 Å². The molecule has 2 amide bonds. The van der Waals surface area contributed by atoms with Crippen LogP contribution in [0.2, 0.25) is 0 Å². The maximum absolute atomic E-state index is 13.0. The predicted molar refractivity (Wildman–Crippen MR) is 142 cm³/mol. The molecule has 0 radical (unpaired) electrons. The Morgan fingerprint density at radius 1 is 0.912 bits per heavy atom. The molecule has 5 nitrogen and oxygen atoms in total. The van der Waals surface area contributed by atoms with E-state index in [1.807, 2.05) is 115 Å². The lowest BCUT2D eigenvalue weighted by Gasteiger charge is -2.25. The molecule has 1 unspecified atom stereocenters. The maximum Gasteiger partial charge on any atom is 0.256 e. The lowest BCUT2D eigenvalue weighted by molar-refractivity contribution is -0.115. The number of nitrogens with zero attached hydrogens (tertiary/aromatic N) is 2. The number of nitrogens with one attached hydrogen (secondary N) is 1. The molecule has 1 fully saturated rings. The number of hydrogen-bond acceptors (Lipinski definition) is 4. The van der Waals surface area contributed by atoms with Crippen molar-refractivity contribution in [2.24, 2.45) is 0 Å². The van der Waals surface area contributed by atoms with E-state index in [2.05, 4.69) is 5.32 Å². The van der Waals surface area contributed by atoms with Crippen molar-refractivity contribution in [3.63, 3.8) is 0 Å². The van der Waals surface area contributed by atoms with Gasteiger partial charge in [0.25, 0.3) is 5.91 Å². The van der Waals surface area contributed by atoms with E-state index >= 15 is 0 Å². The fourth-order valence-corrected chi connectivity index (χ4v) is 5.39. The summed E-state index contributed by atoms with van der Waals surface area (Å²) in [5, 5.41) is 4.87. The monoisotopic (exact) mass is 467 g/mol. The normalized spacial score (nSPS) is 15.5. The summed E-state index contributed by atoms with van der Waals surface area (Å²) in [7, 11) is 3.99. The van der Waals surface area contributed by atoms with Crippen LogP contribution in [-0.4, -0.2) is 31.7 Å². The van der Waals surface area contributed by atoms with Crippen LogP contribution < -0.4 is 15.1 Å². The molecule has 0 saturated carbocycles. The van der Waals surface area contributed by atoms with Crippen molar-refractivity contribution in [1.82, 2.24) is 0 Å². The number of fused-ring (bicyclic) bond motifs is 1. The molecule has 1 aliphatic heterocycles. The third-order valence-electron chi connectivity index (χ3n) is 6.00. The molecular formula is C28H25N3O2S. The molecule has 1 heterocycles. The van der Waals surface area contributed by atoms with Gasteiger partial charge in [0.2, 0.25) is 5.91 Å². The number of amides is 2. The SMILES string of the molecule is CN(C)c1ccc(N2C(=O)CSC2c2ccc(NC(=O)c3cccc4ccccc34)cc2)cc1. The summed E-state index contributed by atoms with van der Waals surface area (Å²) >= 11 is 1.61. The van der Waals surface area contributed by atoms with Crippen molar-refractivity contribution < 1.29 is 9.59 Å². The molecule has 1 atom stereocenters. The second kappa shape index (κ2) is 9.23. The number of hydrogen-bond donors (Lipinski definition) is 1. The highest BCUT2D eigenvalue weighted by Crippen LogP contribution is 2.42. The zero-order chi connectivity index (χ0) is 23.7. The molecule has 4 aromatic rings. The van der Waals surface area contributed by atoms with Gasteiger partial charge in [0.05, 0.1) is 5.75 Å². The number of benzene rings is 4. The molecule has 1 N–H and O–H groups in total. The van der Waals surface area contributed by atoms with E-state index in [1.54, 1.807) is 11.8 Å².